The van der Waals surface area contributed by atoms with Crippen molar-refractivity contribution in [3.8, 4) is 5.75 Å². The summed E-state index contributed by atoms with van der Waals surface area (Å²) in [5.41, 5.74) is 2.04. The van der Waals surface area contributed by atoms with Crippen molar-refractivity contribution >= 4 is 9.84 Å². The van der Waals surface area contributed by atoms with Gasteiger partial charge in [0.05, 0.1) is 12.4 Å². The van der Waals surface area contributed by atoms with Gasteiger partial charge in [0.15, 0.2) is 9.84 Å². The van der Waals surface area contributed by atoms with E-state index in [0.29, 0.717) is 13.2 Å². The molecule has 5 nitrogen and oxygen atoms in total. The summed E-state index contributed by atoms with van der Waals surface area (Å²) in [6.07, 6.45) is 0. The first-order valence-electron chi connectivity index (χ1n) is 7.11. The van der Waals surface area contributed by atoms with E-state index in [1.807, 2.05) is 25.1 Å². The van der Waals surface area contributed by atoms with E-state index in [0.717, 1.165) is 23.4 Å². The third-order valence-electron chi connectivity index (χ3n) is 3.17. The number of benzene rings is 1. The van der Waals surface area contributed by atoms with Crippen LogP contribution in [0.25, 0.3) is 0 Å². The summed E-state index contributed by atoms with van der Waals surface area (Å²) in [6.45, 7) is 5.87. The summed E-state index contributed by atoms with van der Waals surface area (Å²) in [7, 11) is -1.33. The summed E-state index contributed by atoms with van der Waals surface area (Å²) < 4.78 is 33.7. The van der Waals surface area contributed by atoms with Gasteiger partial charge in [0.25, 0.3) is 0 Å². The monoisotopic (exact) mass is 315 g/mol. The van der Waals surface area contributed by atoms with Crippen molar-refractivity contribution in [3.63, 3.8) is 0 Å². The van der Waals surface area contributed by atoms with Crippen LogP contribution in [0.1, 0.15) is 18.1 Å². The third-order valence-corrected chi connectivity index (χ3v) is 4.84. The fourth-order valence-corrected chi connectivity index (χ4v) is 2.50. The van der Waals surface area contributed by atoms with Crippen molar-refractivity contribution < 1.29 is 17.9 Å². The molecule has 21 heavy (non-hydrogen) atoms. The van der Waals surface area contributed by atoms with Crippen LogP contribution in [0.5, 0.6) is 5.75 Å². The van der Waals surface area contributed by atoms with Crippen LogP contribution in [-0.4, -0.2) is 46.8 Å². The molecule has 0 aliphatic rings. The molecule has 1 N–H and O–H groups in total. The summed E-state index contributed by atoms with van der Waals surface area (Å²) in [6, 6.07) is 5.91. The highest BCUT2D eigenvalue weighted by atomic mass is 32.2. The second-order valence-electron chi connectivity index (χ2n) is 4.82. The van der Waals surface area contributed by atoms with Crippen LogP contribution >= 0.6 is 0 Å². The maximum atomic E-state index is 11.5. The summed E-state index contributed by atoms with van der Waals surface area (Å²) >= 11 is 0. The molecule has 0 fully saturated rings. The predicted octanol–water partition coefficient (Wildman–Crippen LogP) is 1.54. The lowest BCUT2D eigenvalue weighted by atomic mass is 10.1. The first-order chi connectivity index (χ1) is 10.00. The molecular weight excluding hydrogens is 290 g/mol. The quantitative estimate of drug-likeness (QED) is 0.664. The van der Waals surface area contributed by atoms with Crippen molar-refractivity contribution in [2.45, 2.75) is 20.4 Å². The lowest BCUT2D eigenvalue weighted by Gasteiger charge is -2.14. The van der Waals surface area contributed by atoms with Crippen molar-refractivity contribution in [1.82, 2.24) is 5.32 Å². The van der Waals surface area contributed by atoms with Gasteiger partial charge >= 0.3 is 0 Å². The van der Waals surface area contributed by atoms with Gasteiger partial charge in [-0.2, -0.15) is 0 Å². The van der Waals surface area contributed by atoms with Gasteiger partial charge in [0.2, 0.25) is 0 Å². The molecule has 0 saturated heterocycles. The van der Waals surface area contributed by atoms with Crippen LogP contribution < -0.4 is 10.1 Å². The molecule has 1 aromatic carbocycles. The Morgan fingerprint density at radius 3 is 2.67 bits per heavy atom. The van der Waals surface area contributed by atoms with E-state index in [1.165, 1.54) is 0 Å². The lowest BCUT2D eigenvalue weighted by molar-refractivity contribution is 0.199. The van der Waals surface area contributed by atoms with E-state index in [1.54, 1.807) is 14.0 Å². The number of aryl methyl sites for hydroxylation is 1. The Balaban J connectivity index is 2.63. The van der Waals surface area contributed by atoms with Crippen LogP contribution in [0.4, 0.5) is 0 Å². The molecule has 0 unspecified atom stereocenters. The molecule has 0 aromatic heterocycles. The lowest BCUT2D eigenvalue weighted by Crippen LogP contribution is -2.20. The molecule has 0 bridgehead atoms. The zero-order valence-corrected chi connectivity index (χ0v) is 13.8. The van der Waals surface area contributed by atoms with Crippen LogP contribution in [0.3, 0.4) is 0 Å². The number of para-hydroxylation sites is 1. The largest absolute Gasteiger partial charge is 0.492 e. The summed E-state index contributed by atoms with van der Waals surface area (Å²) in [4.78, 5) is 0. The fourth-order valence-electron chi connectivity index (χ4n) is 1.87. The van der Waals surface area contributed by atoms with E-state index < -0.39 is 9.84 Å². The minimum absolute atomic E-state index is 0.0500. The summed E-state index contributed by atoms with van der Waals surface area (Å²) in [5, 5.41) is 3.26. The Bertz CT molecular complexity index is 528. The van der Waals surface area contributed by atoms with Gasteiger partial charge in [-0.3, -0.25) is 0 Å². The Morgan fingerprint density at radius 2 is 2.00 bits per heavy atom. The molecule has 0 atom stereocenters. The van der Waals surface area contributed by atoms with Gasteiger partial charge in [-0.15, -0.1) is 0 Å². The topological polar surface area (TPSA) is 64.6 Å². The molecule has 1 rings (SSSR count). The molecule has 120 valence electrons. The van der Waals surface area contributed by atoms with E-state index >= 15 is 0 Å². The summed E-state index contributed by atoms with van der Waals surface area (Å²) in [5.74, 6) is 0.970. The maximum Gasteiger partial charge on any atom is 0.153 e. The van der Waals surface area contributed by atoms with Crippen molar-refractivity contribution in [2.24, 2.45) is 0 Å². The predicted molar refractivity (Wildman–Crippen MR) is 84.6 cm³/mol. The van der Waals surface area contributed by atoms with Gasteiger partial charge < -0.3 is 14.8 Å². The highest BCUT2D eigenvalue weighted by Crippen LogP contribution is 2.23. The SMILES string of the molecule is CCS(=O)(=O)CCOc1c(C)cccc1CNCCOC. The Morgan fingerprint density at radius 1 is 1.24 bits per heavy atom. The minimum Gasteiger partial charge on any atom is -0.492 e. The first kappa shape index (κ1) is 17.9. The zero-order chi connectivity index (χ0) is 15.7. The molecule has 0 radical (unpaired) electrons. The fraction of sp³-hybridized carbons (Fsp3) is 0.600. The van der Waals surface area contributed by atoms with Gasteiger partial charge in [0.1, 0.15) is 12.4 Å². The molecule has 0 aliphatic carbocycles. The first-order valence-corrected chi connectivity index (χ1v) is 8.93. The average Bonchev–Trinajstić information content (AvgIpc) is 2.46. The van der Waals surface area contributed by atoms with E-state index in [2.05, 4.69) is 5.32 Å². The highest BCUT2D eigenvalue weighted by molar-refractivity contribution is 7.91. The number of rotatable bonds is 10. The smallest absolute Gasteiger partial charge is 0.153 e. The minimum atomic E-state index is -3.00. The molecular formula is C15H25NO4S. The van der Waals surface area contributed by atoms with E-state index in [4.69, 9.17) is 9.47 Å². The Hall–Kier alpha value is -1.11. The highest BCUT2D eigenvalue weighted by Gasteiger charge is 2.10. The third kappa shape index (κ3) is 6.46. The van der Waals surface area contributed by atoms with Crippen molar-refractivity contribution in [1.29, 1.82) is 0 Å². The molecule has 0 aliphatic heterocycles. The van der Waals surface area contributed by atoms with Crippen LogP contribution in [0.2, 0.25) is 0 Å². The zero-order valence-electron chi connectivity index (χ0n) is 13.0. The molecule has 0 saturated carbocycles. The molecule has 0 spiro atoms. The second-order valence-corrected chi connectivity index (χ2v) is 7.29. The molecule has 0 heterocycles. The number of nitrogens with one attached hydrogen (secondary N) is 1. The van der Waals surface area contributed by atoms with Gasteiger partial charge in [-0.1, -0.05) is 25.1 Å². The number of hydrogen-bond acceptors (Lipinski definition) is 5. The van der Waals surface area contributed by atoms with Gasteiger partial charge in [0, 0.05) is 31.5 Å². The van der Waals surface area contributed by atoms with Crippen LogP contribution in [0, 0.1) is 6.92 Å². The van der Waals surface area contributed by atoms with E-state index in [9.17, 15) is 8.42 Å². The number of sulfone groups is 1. The van der Waals surface area contributed by atoms with Gasteiger partial charge in [-0.25, -0.2) is 8.42 Å². The Kier molecular flexibility index (Phi) is 7.71. The van der Waals surface area contributed by atoms with Crippen molar-refractivity contribution in [2.75, 3.05) is 38.4 Å². The standard InChI is InChI=1S/C15H25NO4S/c1-4-21(17,18)11-10-20-15-13(2)6-5-7-14(15)12-16-8-9-19-3/h5-7,16H,4,8-12H2,1-3H3. The van der Waals surface area contributed by atoms with Crippen LogP contribution in [0.15, 0.2) is 18.2 Å². The molecule has 6 heteroatoms. The van der Waals surface area contributed by atoms with E-state index in [-0.39, 0.29) is 18.1 Å². The maximum absolute atomic E-state index is 11.5. The molecule has 0 amide bonds. The number of methoxy groups -OCH3 is 1. The number of hydrogen-bond donors (Lipinski definition) is 1. The normalized spacial score (nSPS) is 11.6. The van der Waals surface area contributed by atoms with Crippen molar-refractivity contribution in [3.05, 3.63) is 29.3 Å². The number of ether oxygens (including phenoxy) is 2. The Labute approximate surface area is 127 Å². The second kappa shape index (κ2) is 9.02. The average molecular weight is 315 g/mol. The van der Waals surface area contributed by atoms with Gasteiger partial charge in [-0.05, 0) is 12.5 Å². The molecule has 1 aromatic rings. The van der Waals surface area contributed by atoms with Crippen LogP contribution in [-0.2, 0) is 21.1 Å².